The first kappa shape index (κ1) is 36.3. The van der Waals surface area contributed by atoms with Gasteiger partial charge in [-0.1, -0.05) is 108 Å². The molecule has 0 unspecified atom stereocenters. The molecule has 0 bridgehead atoms. The number of benzene rings is 3. The molecule has 0 saturated heterocycles. The zero-order valence-corrected chi connectivity index (χ0v) is 32.4. The van der Waals surface area contributed by atoms with Gasteiger partial charge >= 0.3 is 0 Å². The van der Waals surface area contributed by atoms with Crippen molar-refractivity contribution in [1.29, 1.82) is 0 Å². The van der Waals surface area contributed by atoms with Crippen LogP contribution in [0.25, 0.3) is 43.0 Å². The molecule has 0 saturated carbocycles. The number of allylic oxidation sites excluding steroid dienone is 2. The summed E-state index contributed by atoms with van der Waals surface area (Å²) < 4.78 is 1.38. The van der Waals surface area contributed by atoms with Crippen LogP contribution in [-0.2, 0) is 31.3 Å². The van der Waals surface area contributed by atoms with E-state index in [1.807, 2.05) is 50.8 Å². The number of rotatable bonds is 8. The smallest absolute Gasteiger partial charge is 0.162 e. The Labute approximate surface area is 296 Å². The Kier molecular flexibility index (Phi) is 12.0. The predicted octanol–water partition coefficient (Wildman–Crippen LogP) is 12.3. The summed E-state index contributed by atoms with van der Waals surface area (Å²) in [6.07, 6.45) is 5.98. The molecule has 2 aromatic heterocycles. The van der Waals surface area contributed by atoms with Crippen molar-refractivity contribution in [1.82, 2.24) is 4.98 Å². The standard InChI is InChI=1S/C27H22NS2.C13H24O2.Ir/c1-15-17-10-6-5-9-16(17)13-19-23-22-25(18-11-7-8-12-20(18)28-23)29-21(14-27(2,3)4)26(22)30-24(15)19;1-5-10(6-2)12(14)9-13(15)11(7-3)8-4;/h5-12H,14H2,1-4H3;9-11,14H,5-8H2,1-4H3;/q-1;;/b;12-9-;. The number of carbonyl (C=O) groups excluding carboxylic acids is 1. The van der Waals surface area contributed by atoms with Gasteiger partial charge in [0.1, 0.15) is 0 Å². The number of ketones is 1. The minimum absolute atomic E-state index is 0. The van der Waals surface area contributed by atoms with Crippen LogP contribution in [0.1, 0.15) is 84.6 Å². The third-order valence-electron chi connectivity index (χ3n) is 8.92. The van der Waals surface area contributed by atoms with Crippen molar-refractivity contribution in [2.75, 3.05) is 0 Å². The normalized spacial score (nSPS) is 12.8. The summed E-state index contributed by atoms with van der Waals surface area (Å²) in [6, 6.07) is 20.9. The number of aliphatic hydroxyl groups is 1. The molecule has 3 aromatic carbocycles. The maximum absolute atomic E-state index is 11.7. The quantitative estimate of drug-likeness (QED) is 0.0943. The van der Waals surface area contributed by atoms with E-state index < -0.39 is 0 Å². The van der Waals surface area contributed by atoms with Gasteiger partial charge in [-0.05, 0) is 53.9 Å². The van der Waals surface area contributed by atoms with E-state index in [1.54, 1.807) is 0 Å². The number of aliphatic hydroxyl groups excluding tert-OH is 1. The van der Waals surface area contributed by atoms with Crippen LogP contribution in [0.4, 0.5) is 0 Å². The van der Waals surface area contributed by atoms with Gasteiger partial charge in [-0.15, -0.1) is 40.6 Å². The summed E-state index contributed by atoms with van der Waals surface area (Å²) in [4.78, 5) is 21.1. The SMILES string of the molecule is CCC(CC)C(=O)/C=C(\O)C(CC)CC.Cc1c2c([c-]c3ccccc13)-c1nc3ccccc3c3sc(CC(C)(C)C)c(c13)S2.[Ir]. The Morgan fingerprint density at radius 1 is 0.913 bits per heavy atom. The minimum atomic E-state index is 0. The molecule has 5 aromatic rings. The van der Waals surface area contributed by atoms with Gasteiger partial charge in [0.25, 0.3) is 0 Å². The third kappa shape index (κ3) is 7.31. The van der Waals surface area contributed by atoms with Crippen molar-refractivity contribution < 1.29 is 30.0 Å². The minimum Gasteiger partial charge on any atom is -0.512 e. The Balaban J connectivity index is 0.000000259. The summed E-state index contributed by atoms with van der Waals surface area (Å²) in [7, 11) is 0. The number of para-hydroxylation sites is 1. The number of hydrogen-bond donors (Lipinski definition) is 1. The summed E-state index contributed by atoms with van der Waals surface area (Å²) in [5.41, 5.74) is 4.93. The van der Waals surface area contributed by atoms with Crippen molar-refractivity contribution >= 4 is 60.6 Å². The molecule has 1 aliphatic rings. The number of fused-ring (bicyclic) bond motifs is 5. The van der Waals surface area contributed by atoms with Crippen LogP contribution in [0, 0.1) is 30.2 Å². The van der Waals surface area contributed by atoms with Crippen LogP contribution in [0.2, 0.25) is 0 Å². The first-order valence-corrected chi connectivity index (χ1v) is 18.1. The fraction of sp³-hybridized carbons (Fsp3) is 0.400. The van der Waals surface area contributed by atoms with Crippen molar-refractivity contribution in [2.45, 2.75) is 97.3 Å². The summed E-state index contributed by atoms with van der Waals surface area (Å²) in [5.74, 6) is 0.547. The molecule has 3 nitrogen and oxygen atoms in total. The number of aromatic nitrogens is 1. The molecule has 0 atom stereocenters. The molecule has 0 fully saturated rings. The molecular formula is C40H46IrNO2S2-. The Hall–Kier alpha value is -2.50. The second kappa shape index (κ2) is 15.2. The maximum atomic E-state index is 11.7. The molecule has 1 radical (unpaired) electrons. The molecule has 0 spiro atoms. The number of pyridine rings is 1. The molecule has 3 heterocycles. The average Bonchev–Trinajstić information content (AvgIpc) is 3.36. The number of hydrogen-bond acceptors (Lipinski definition) is 5. The van der Waals surface area contributed by atoms with Gasteiger partial charge in [0.15, 0.2) is 5.78 Å². The second-order valence-electron chi connectivity index (χ2n) is 13.4. The van der Waals surface area contributed by atoms with E-state index in [9.17, 15) is 9.90 Å². The molecule has 46 heavy (non-hydrogen) atoms. The van der Waals surface area contributed by atoms with Gasteiger partial charge in [0, 0.05) is 63.6 Å². The fourth-order valence-corrected chi connectivity index (χ4v) is 9.34. The first-order chi connectivity index (χ1) is 21.5. The van der Waals surface area contributed by atoms with E-state index in [4.69, 9.17) is 4.98 Å². The second-order valence-corrected chi connectivity index (χ2v) is 15.5. The number of aryl methyl sites for hydroxylation is 1. The van der Waals surface area contributed by atoms with Crippen molar-refractivity contribution in [3.63, 3.8) is 0 Å². The van der Waals surface area contributed by atoms with Gasteiger partial charge in [-0.25, -0.2) is 0 Å². The molecule has 6 heteroatoms. The number of nitrogens with zero attached hydrogens (tertiary/aromatic N) is 1. The van der Waals surface area contributed by atoms with Crippen molar-refractivity contribution in [3.05, 3.63) is 76.9 Å². The van der Waals surface area contributed by atoms with Gasteiger partial charge in [-0.2, -0.15) is 0 Å². The van der Waals surface area contributed by atoms with Crippen LogP contribution in [0.3, 0.4) is 0 Å². The molecular weight excluding hydrogens is 783 g/mol. The van der Waals surface area contributed by atoms with Crippen LogP contribution in [0.5, 0.6) is 0 Å². The largest absolute Gasteiger partial charge is 0.512 e. The molecule has 1 aliphatic heterocycles. The third-order valence-corrected chi connectivity index (χ3v) is 11.6. The van der Waals surface area contributed by atoms with E-state index in [-0.39, 0.29) is 48.9 Å². The molecule has 0 amide bonds. The van der Waals surface area contributed by atoms with Crippen LogP contribution >= 0.6 is 23.1 Å². The van der Waals surface area contributed by atoms with E-state index in [2.05, 4.69) is 82.3 Å². The van der Waals surface area contributed by atoms with E-state index in [0.29, 0.717) is 0 Å². The Bertz CT molecular complexity index is 1890. The monoisotopic (exact) mass is 829 g/mol. The average molecular weight is 829 g/mol. The Morgan fingerprint density at radius 2 is 1.52 bits per heavy atom. The topological polar surface area (TPSA) is 50.2 Å². The zero-order chi connectivity index (χ0) is 32.5. The van der Waals surface area contributed by atoms with Crippen LogP contribution in [-0.4, -0.2) is 15.9 Å². The maximum Gasteiger partial charge on any atom is 0.162 e. The van der Waals surface area contributed by atoms with E-state index in [0.717, 1.165) is 43.3 Å². The van der Waals surface area contributed by atoms with Gasteiger partial charge in [-0.3, -0.25) is 9.78 Å². The van der Waals surface area contributed by atoms with Crippen LogP contribution < -0.4 is 0 Å². The number of carbonyl (C=O) groups is 1. The van der Waals surface area contributed by atoms with Gasteiger partial charge in [0.2, 0.25) is 0 Å². The van der Waals surface area contributed by atoms with E-state index >= 15 is 0 Å². The molecule has 245 valence electrons. The van der Waals surface area contributed by atoms with Crippen LogP contribution in [0.15, 0.2) is 70.2 Å². The molecule has 0 aliphatic carbocycles. The molecule has 1 N–H and O–H groups in total. The molecule has 6 rings (SSSR count). The number of thiophene rings is 1. The van der Waals surface area contributed by atoms with Crippen molar-refractivity contribution in [3.8, 4) is 11.3 Å². The zero-order valence-electron chi connectivity index (χ0n) is 28.3. The van der Waals surface area contributed by atoms with Crippen molar-refractivity contribution in [2.24, 2.45) is 17.3 Å². The van der Waals surface area contributed by atoms with E-state index in [1.165, 1.54) is 58.1 Å². The van der Waals surface area contributed by atoms with Gasteiger partial charge in [0.05, 0.1) is 11.3 Å². The summed E-state index contributed by atoms with van der Waals surface area (Å²) in [6.45, 7) is 17.3. The summed E-state index contributed by atoms with van der Waals surface area (Å²) in [5, 5.41) is 14.8. The predicted molar refractivity (Wildman–Crippen MR) is 195 cm³/mol. The summed E-state index contributed by atoms with van der Waals surface area (Å²) >= 11 is 3.90. The fourth-order valence-electron chi connectivity index (χ4n) is 6.29. The Morgan fingerprint density at radius 3 is 2.15 bits per heavy atom. The van der Waals surface area contributed by atoms with Gasteiger partial charge < -0.3 is 5.11 Å². The first-order valence-electron chi connectivity index (χ1n) is 16.4.